The van der Waals surface area contributed by atoms with Gasteiger partial charge in [0.1, 0.15) is 37.1 Å². The van der Waals surface area contributed by atoms with Gasteiger partial charge in [-0.2, -0.15) is 0 Å². The van der Waals surface area contributed by atoms with E-state index in [1.807, 2.05) is 0 Å². The van der Waals surface area contributed by atoms with Gasteiger partial charge in [-0.1, -0.05) is 18.2 Å². The molecular weight excluding hydrogens is 650 g/mol. The molecule has 2 rings (SSSR count). The minimum absolute atomic E-state index is 0.0197. The summed E-state index contributed by atoms with van der Waals surface area (Å²) >= 11 is 1.22. The maximum Gasteiger partial charge on any atom is 0.303 e. The number of unbranched alkanes of at least 4 members (excludes halogenated alkanes) is 2. The lowest BCUT2D eigenvalue weighted by Gasteiger charge is -2.48. The molecule has 18 heteroatoms. The van der Waals surface area contributed by atoms with Crippen LogP contribution in [0.2, 0.25) is 0 Å². The highest BCUT2D eigenvalue weighted by Gasteiger charge is 2.56. The zero-order chi connectivity index (χ0) is 35.3. The molecule has 2 saturated heterocycles. The number of carbonyl (C=O) groups excluding carboxylic acids is 6. The third-order valence-electron chi connectivity index (χ3n) is 6.84. The molecule has 0 bridgehead atoms. The van der Waals surface area contributed by atoms with Gasteiger partial charge >= 0.3 is 23.9 Å². The van der Waals surface area contributed by atoms with Crippen molar-refractivity contribution < 1.29 is 76.9 Å². The molecule has 1 amide bonds. The maximum atomic E-state index is 12.3. The average Bonchev–Trinajstić information content (AvgIpc) is 2.96. The highest BCUT2D eigenvalue weighted by molar-refractivity contribution is 8.13. The summed E-state index contributed by atoms with van der Waals surface area (Å²) in [6.07, 6.45) is -11.2. The summed E-state index contributed by atoms with van der Waals surface area (Å²) in [5.74, 6) is -3.17. The van der Waals surface area contributed by atoms with Crippen LogP contribution in [-0.4, -0.2) is 132 Å². The monoisotopic (exact) mass is 695 g/mol. The number of hydrogen-bond acceptors (Lipinski definition) is 17. The van der Waals surface area contributed by atoms with Crippen LogP contribution in [0.15, 0.2) is 0 Å². The van der Waals surface area contributed by atoms with E-state index in [2.05, 4.69) is 5.32 Å². The molecule has 0 aromatic rings. The highest BCUT2D eigenvalue weighted by atomic mass is 32.2. The second-order valence-corrected chi connectivity index (χ2v) is 12.2. The van der Waals surface area contributed by atoms with Gasteiger partial charge in [0.15, 0.2) is 36.0 Å². The topological polar surface area (TPSA) is 229 Å². The van der Waals surface area contributed by atoms with Crippen molar-refractivity contribution in [3.05, 3.63) is 0 Å². The van der Waals surface area contributed by atoms with Crippen LogP contribution >= 0.6 is 11.8 Å². The van der Waals surface area contributed by atoms with Crippen LogP contribution in [0.25, 0.3) is 0 Å². The average molecular weight is 696 g/mol. The van der Waals surface area contributed by atoms with E-state index in [9.17, 15) is 39.0 Å². The Bertz CT molecular complexity index is 1090. The number of esters is 4. The predicted octanol–water partition coefficient (Wildman–Crippen LogP) is -0.496. The van der Waals surface area contributed by atoms with Crippen molar-refractivity contribution in [3.8, 4) is 0 Å². The Balaban J connectivity index is 2.44. The first-order valence-corrected chi connectivity index (χ1v) is 16.1. The molecule has 0 aliphatic carbocycles. The van der Waals surface area contributed by atoms with Crippen molar-refractivity contribution in [2.24, 2.45) is 0 Å². The number of aliphatic hydroxyl groups is 2. The van der Waals surface area contributed by atoms with Crippen LogP contribution < -0.4 is 5.32 Å². The van der Waals surface area contributed by atoms with Crippen LogP contribution in [0.3, 0.4) is 0 Å². The number of amides is 1. The minimum atomic E-state index is -1.69. The Labute approximate surface area is 276 Å². The summed E-state index contributed by atoms with van der Waals surface area (Å²) in [5, 5.41) is 23.9. The van der Waals surface area contributed by atoms with Gasteiger partial charge in [0.2, 0.25) is 5.91 Å². The van der Waals surface area contributed by atoms with Crippen LogP contribution in [0.4, 0.5) is 0 Å². The zero-order valence-electron chi connectivity index (χ0n) is 27.2. The summed E-state index contributed by atoms with van der Waals surface area (Å²) < 4.78 is 45.2. The normalized spacial score (nSPS) is 30.5. The Morgan fingerprint density at radius 2 is 1.32 bits per heavy atom. The highest BCUT2D eigenvalue weighted by Crippen LogP contribution is 2.33. The smallest absolute Gasteiger partial charge is 0.303 e. The summed E-state index contributed by atoms with van der Waals surface area (Å²) in [5.41, 5.74) is 0. The number of nitrogens with one attached hydrogen (secondary N) is 1. The third kappa shape index (κ3) is 13.3. The van der Waals surface area contributed by atoms with Crippen molar-refractivity contribution in [3.63, 3.8) is 0 Å². The largest absolute Gasteiger partial charge is 0.463 e. The molecule has 268 valence electrons. The number of ether oxygens (including phenoxy) is 8. The molecule has 0 aromatic carbocycles. The van der Waals surface area contributed by atoms with E-state index >= 15 is 0 Å². The van der Waals surface area contributed by atoms with E-state index in [-0.39, 0.29) is 11.7 Å². The van der Waals surface area contributed by atoms with E-state index < -0.39 is 104 Å². The molecular formula is C29H45NO16S. The zero-order valence-corrected chi connectivity index (χ0v) is 28.1. The number of aliphatic hydroxyl groups excluding tert-OH is 2. The lowest BCUT2D eigenvalue weighted by molar-refractivity contribution is -0.346. The first-order chi connectivity index (χ1) is 22.1. The molecule has 0 radical (unpaired) electrons. The fourth-order valence-electron chi connectivity index (χ4n) is 5.01. The second kappa shape index (κ2) is 19.8. The fraction of sp³-hybridized carbons (Fsp3) is 0.793. The molecule has 2 heterocycles. The molecule has 2 aliphatic rings. The number of hydrogen-bond donors (Lipinski definition) is 3. The molecule has 0 spiro atoms. The van der Waals surface area contributed by atoms with Crippen LogP contribution in [0.5, 0.6) is 0 Å². The third-order valence-corrected chi connectivity index (χ3v) is 7.74. The number of thioether (sulfide) groups is 1. The van der Waals surface area contributed by atoms with Gasteiger partial charge in [-0.25, -0.2) is 0 Å². The first kappa shape index (κ1) is 40.3. The van der Waals surface area contributed by atoms with Gasteiger partial charge < -0.3 is 53.4 Å². The van der Waals surface area contributed by atoms with Crippen molar-refractivity contribution in [2.75, 3.05) is 25.6 Å². The summed E-state index contributed by atoms with van der Waals surface area (Å²) in [7, 11) is 0. The van der Waals surface area contributed by atoms with Crippen molar-refractivity contribution in [1.82, 2.24) is 5.32 Å². The maximum absolute atomic E-state index is 12.3. The van der Waals surface area contributed by atoms with Crippen LogP contribution in [0.1, 0.15) is 60.8 Å². The number of carbonyl (C=O) groups is 6. The first-order valence-electron chi connectivity index (χ1n) is 15.1. The summed E-state index contributed by atoms with van der Waals surface area (Å²) in [6, 6.07) is -1.22. The predicted molar refractivity (Wildman–Crippen MR) is 159 cm³/mol. The molecule has 0 saturated carbocycles. The molecule has 10 atom stereocenters. The van der Waals surface area contributed by atoms with Gasteiger partial charge in [0, 0.05) is 53.9 Å². The van der Waals surface area contributed by atoms with Crippen molar-refractivity contribution in [2.45, 2.75) is 122 Å². The van der Waals surface area contributed by atoms with E-state index in [0.29, 0.717) is 18.6 Å². The van der Waals surface area contributed by atoms with E-state index in [4.69, 9.17) is 37.9 Å². The summed E-state index contributed by atoms with van der Waals surface area (Å²) in [6.45, 7) is 5.96. The van der Waals surface area contributed by atoms with Gasteiger partial charge in [-0.3, -0.25) is 28.8 Å². The Hall–Kier alpha value is -2.87. The molecule has 2 aliphatic heterocycles. The fourth-order valence-corrected chi connectivity index (χ4v) is 5.65. The van der Waals surface area contributed by atoms with Gasteiger partial charge in [-0.15, -0.1) is 0 Å². The molecule has 3 N–H and O–H groups in total. The number of rotatable bonds is 16. The SMILES string of the molecule is CC(=O)NC1[C@H](OCCCCCSC(C)=O)OC(CO)[C@H](O)[C@@H]1O[C@@H]1OC(COC(C)=O)[C@H](OC(C)=O)C(OC(C)=O)[C@@H]1OC(C)=O. The van der Waals surface area contributed by atoms with E-state index in [1.54, 1.807) is 0 Å². The molecule has 0 aromatic heterocycles. The second-order valence-electron chi connectivity index (χ2n) is 10.9. The molecule has 4 unspecified atom stereocenters. The molecule has 17 nitrogen and oxygen atoms in total. The van der Waals surface area contributed by atoms with E-state index in [1.165, 1.54) is 25.6 Å². The van der Waals surface area contributed by atoms with Crippen molar-refractivity contribution >= 4 is 46.7 Å². The van der Waals surface area contributed by atoms with Gasteiger partial charge in [-0.05, 0) is 12.8 Å². The lowest BCUT2D eigenvalue weighted by atomic mass is 9.95. The summed E-state index contributed by atoms with van der Waals surface area (Å²) in [4.78, 5) is 71.5. The van der Waals surface area contributed by atoms with Crippen LogP contribution in [-0.2, 0) is 66.7 Å². The minimum Gasteiger partial charge on any atom is -0.463 e. The van der Waals surface area contributed by atoms with Gasteiger partial charge in [0.25, 0.3) is 0 Å². The van der Waals surface area contributed by atoms with Crippen LogP contribution in [0, 0.1) is 0 Å². The molecule has 2 fully saturated rings. The van der Waals surface area contributed by atoms with Crippen molar-refractivity contribution in [1.29, 1.82) is 0 Å². The quantitative estimate of drug-likeness (QED) is 0.105. The Morgan fingerprint density at radius 3 is 1.87 bits per heavy atom. The molecule has 47 heavy (non-hydrogen) atoms. The van der Waals surface area contributed by atoms with Gasteiger partial charge in [0.05, 0.1) is 6.61 Å². The Kier molecular flexibility index (Phi) is 17.0. The Morgan fingerprint density at radius 1 is 0.723 bits per heavy atom. The van der Waals surface area contributed by atoms with E-state index in [0.717, 1.165) is 34.1 Å². The standard InChI is InChI=1S/C29H45NO16S/c1-14(32)30-22-25(23(38)20(12-31)44-28(22)39-10-8-7-9-11-47-19(6)37)46-29-27(43-18(5)36)26(42-17(4)35)24(41-16(3)34)21(45-29)13-40-15(2)33/h20-29,31,38H,7-13H2,1-6H3,(H,30,32)/t20?,21?,22?,23-,24-,25+,26?,27-,28+,29-/m0/s1. The lowest BCUT2D eigenvalue weighted by Crippen LogP contribution is -2.69.